The molecule has 0 aliphatic rings. The van der Waals surface area contributed by atoms with Gasteiger partial charge < -0.3 is 4.74 Å². The van der Waals surface area contributed by atoms with Crippen LogP contribution in [0.15, 0.2) is 58.5 Å². The Balaban J connectivity index is 2.10. The van der Waals surface area contributed by atoms with Crippen LogP contribution >= 0.6 is 0 Å². The number of ether oxygens (including phenoxy) is 1. The molecule has 0 aromatic heterocycles. The summed E-state index contributed by atoms with van der Waals surface area (Å²) in [6.45, 7) is 1.53. The SMILES string of the molecule is COc1ccccc1/C=C/C=N\NS(=O)(=O)c1ccc(C)c([N+](=O)[O-])c1. The number of sulfonamides is 1. The molecule has 8 nitrogen and oxygen atoms in total. The van der Waals surface area contributed by atoms with Gasteiger partial charge in [0.2, 0.25) is 0 Å². The molecule has 2 aromatic carbocycles. The van der Waals surface area contributed by atoms with Crippen LogP contribution in [0.25, 0.3) is 6.08 Å². The molecule has 0 amide bonds. The molecule has 0 fully saturated rings. The minimum atomic E-state index is -4.00. The molecule has 0 atom stereocenters. The molecule has 0 heterocycles. The number of nitrogens with one attached hydrogen (secondary N) is 1. The molecular weight excluding hydrogens is 358 g/mol. The highest BCUT2D eigenvalue weighted by atomic mass is 32.2. The molecule has 0 saturated carbocycles. The number of hydrogen-bond donors (Lipinski definition) is 1. The molecular formula is C17H17N3O5S. The predicted molar refractivity (Wildman–Crippen MR) is 98.7 cm³/mol. The first kappa shape index (κ1) is 19.1. The summed E-state index contributed by atoms with van der Waals surface area (Å²) in [4.78, 5) is 12.1. The second kappa shape index (κ2) is 8.26. The van der Waals surface area contributed by atoms with Gasteiger partial charge >= 0.3 is 0 Å². The number of rotatable bonds is 7. The lowest BCUT2D eigenvalue weighted by atomic mass is 10.2. The fraction of sp³-hybridized carbons (Fsp3) is 0.118. The van der Waals surface area contributed by atoms with Crippen LogP contribution in [-0.2, 0) is 10.0 Å². The number of para-hydroxylation sites is 1. The lowest BCUT2D eigenvalue weighted by molar-refractivity contribution is -0.385. The largest absolute Gasteiger partial charge is 0.496 e. The Morgan fingerprint density at radius 3 is 2.65 bits per heavy atom. The van der Waals surface area contributed by atoms with Crippen molar-refractivity contribution in [3.8, 4) is 5.75 Å². The fourth-order valence-corrected chi connectivity index (χ4v) is 2.92. The number of methoxy groups -OCH3 is 1. The third kappa shape index (κ3) is 4.67. The van der Waals surface area contributed by atoms with Gasteiger partial charge in [-0.05, 0) is 31.2 Å². The maximum atomic E-state index is 12.2. The van der Waals surface area contributed by atoms with E-state index in [2.05, 4.69) is 5.10 Å². The van der Waals surface area contributed by atoms with Gasteiger partial charge in [-0.25, -0.2) is 4.83 Å². The van der Waals surface area contributed by atoms with Crippen molar-refractivity contribution in [2.45, 2.75) is 11.8 Å². The van der Waals surface area contributed by atoms with Crippen LogP contribution < -0.4 is 9.57 Å². The molecule has 0 aliphatic carbocycles. The van der Waals surface area contributed by atoms with Gasteiger partial charge in [-0.15, -0.1) is 0 Å². The Kier molecular flexibility index (Phi) is 6.07. The first-order valence-corrected chi connectivity index (χ1v) is 8.93. The van der Waals surface area contributed by atoms with E-state index in [4.69, 9.17) is 4.74 Å². The highest BCUT2D eigenvalue weighted by Gasteiger charge is 2.19. The van der Waals surface area contributed by atoms with Crippen LogP contribution in [-0.4, -0.2) is 26.7 Å². The van der Waals surface area contributed by atoms with E-state index in [1.165, 1.54) is 31.3 Å². The molecule has 0 saturated heterocycles. The molecule has 2 aromatic rings. The Bertz CT molecular complexity index is 968. The van der Waals surface area contributed by atoms with Gasteiger partial charge in [0.1, 0.15) is 5.75 Å². The molecule has 9 heteroatoms. The highest BCUT2D eigenvalue weighted by molar-refractivity contribution is 7.89. The smallest absolute Gasteiger partial charge is 0.276 e. The molecule has 1 N–H and O–H groups in total. The minimum Gasteiger partial charge on any atom is -0.496 e. The maximum Gasteiger partial charge on any atom is 0.276 e. The van der Waals surface area contributed by atoms with E-state index >= 15 is 0 Å². The number of nitrogens with zero attached hydrogens (tertiary/aromatic N) is 2. The number of aryl methyl sites for hydroxylation is 1. The molecule has 0 radical (unpaired) electrons. The lowest BCUT2D eigenvalue weighted by Gasteiger charge is -2.04. The van der Waals surface area contributed by atoms with Gasteiger partial charge in [-0.3, -0.25) is 10.1 Å². The number of hydrazone groups is 1. The minimum absolute atomic E-state index is 0.236. The van der Waals surface area contributed by atoms with Gasteiger partial charge in [0, 0.05) is 23.4 Å². The van der Waals surface area contributed by atoms with E-state index in [-0.39, 0.29) is 10.6 Å². The van der Waals surface area contributed by atoms with E-state index in [0.29, 0.717) is 11.3 Å². The molecule has 136 valence electrons. The van der Waals surface area contributed by atoms with Crippen molar-refractivity contribution < 1.29 is 18.1 Å². The Morgan fingerprint density at radius 1 is 1.23 bits per heavy atom. The van der Waals surface area contributed by atoms with Gasteiger partial charge in [0.05, 0.1) is 16.9 Å². The van der Waals surface area contributed by atoms with Crippen LogP contribution in [0.2, 0.25) is 0 Å². The lowest BCUT2D eigenvalue weighted by Crippen LogP contribution is -2.18. The second-order valence-electron chi connectivity index (χ2n) is 5.18. The van der Waals surface area contributed by atoms with E-state index < -0.39 is 14.9 Å². The molecule has 2 rings (SSSR count). The average molecular weight is 375 g/mol. The predicted octanol–water partition coefficient (Wildman–Crippen LogP) is 2.89. The van der Waals surface area contributed by atoms with Crippen molar-refractivity contribution in [1.82, 2.24) is 4.83 Å². The maximum absolute atomic E-state index is 12.2. The monoisotopic (exact) mass is 375 g/mol. The third-order valence-electron chi connectivity index (χ3n) is 3.44. The van der Waals surface area contributed by atoms with Gasteiger partial charge in [0.25, 0.3) is 15.7 Å². The summed E-state index contributed by atoms with van der Waals surface area (Å²) < 4.78 is 29.5. The number of hydrogen-bond acceptors (Lipinski definition) is 6. The van der Waals surface area contributed by atoms with E-state index in [1.807, 2.05) is 23.0 Å². The summed E-state index contributed by atoms with van der Waals surface area (Å²) in [6, 6.07) is 11.0. The van der Waals surface area contributed by atoms with Crippen molar-refractivity contribution >= 4 is 28.0 Å². The van der Waals surface area contributed by atoms with E-state index in [1.54, 1.807) is 19.3 Å². The quantitative estimate of drug-likeness (QED) is 0.454. The third-order valence-corrected chi connectivity index (χ3v) is 4.66. The molecule has 26 heavy (non-hydrogen) atoms. The number of benzene rings is 2. The first-order chi connectivity index (χ1) is 12.3. The summed E-state index contributed by atoms with van der Waals surface area (Å²) in [5, 5.41) is 14.6. The number of nitro groups is 1. The second-order valence-corrected chi connectivity index (χ2v) is 6.84. The zero-order valence-electron chi connectivity index (χ0n) is 14.1. The van der Waals surface area contributed by atoms with Crippen molar-refractivity contribution in [2.75, 3.05) is 7.11 Å². The fourth-order valence-electron chi connectivity index (χ4n) is 2.10. The zero-order chi connectivity index (χ0) is 19.2. The molecule has 0 bridgehead atoms. The zero-order valence-corrected chi connectivity index (χ0v) is 14.9. The van der Waals surface area contributed by atoms with Crippen LogP contribution in [0, 0.1) is 17.0 Å². The standard InChI is InChI=1S/C17H17N3O5S/c1-13-9-10-15(12-16(13)20(21)22)26(23,24)19-18-11-5-7-14-6-3-4-8-17(14)25-2/h3-12,19H,1-2H3/b7-5+,18-11-. The highest BCUT2D eigenvalue weighted by Crippen LogP contribution is 2.22. The van der Waals surface area contributed by atoms with E-state index in [9.17, 15) is 18.5 Å². The summed E-state index contributed by atoms with van der Waals surface area (Å²) >= 11 is 0. The molecule has 0 spiro atoms. The van der Waals surface area contributed by atoms with Crippen LogP contribution in [0.1, 0.15) is 11.1 Å². The van der Waals surface area contributed by atoms with Gasteiger partial charge in [0.15, 0.2) is 0 Å². The summed E-state index contributed by atoms with van der Waals surface area (Å²) in [5.74, 6) is 0.671. The molecule has 0 unspecified atom stereocenters. The van der Waals surface area contributed by atoms with Gasteiger partial charge in [-0.1, -0.05) is 24.3 Å². The topological polar surface area (TPSA) is 111 Å². The van der Waals surface area contributed by atoms with Gasteiger partial charge in [-0.2, -0.15) is 13.5 Å². The van der Waals surface area contributed by atoms with Crippen molar-refractivity contribution in [3.05, 3.63) is 69.8 Å². The van der Waals surface area contributed by atoms with Crippen LogP contribution in [0.4, 0.5) is 5.69 Å². The van der Waals surface area contributed by atoms with Crippen molar-refractivity contribution in [1.29, 1.82) is 0 Å². The van der Waals surface area contributed by atoms with Crippen molar-refractivity contribution in [2.24, 2.45) is 5.10 Å². The summed E-state index contributed by atoms with van der Waals surface area (Å²) in [5.41, 5.74) is 0.906. The average Bonchev–Trinajstić information content (AvgIpc) is 2.61. The number of nitro benzene ring substituents is 1. The number of allylic oxidation sites excluding steroid dienone is 1. The van der Waals surface area contributed by atoms with Crippen LogP contribution in [0.3, 0.4) is 0 Å². The Morgan fingerprint density at radius 2 is 1.96 bits per heavy atom. The van der Waals surface area contributed by atoms with Crippen molar-refractivity contribution in [3.63, 3.8) is 0 Å². The summed E-state index contributed by atoms with van der Waals surface area (Å²) in [7, 11) is -2.45. The normalized spacial score (nSPS) is 11.8. The first-order valence-electron chi connectivity index (χ1n) is 7.45. The molecule has 0 aliphatic heterocycles. The summed E-state index contributed by atoms with van der Waals surface area (Å²) in [6.07, 6.45) is 4.50. The van der Waals surface area contributed by atoms with E-state index in [0.717, 1.165) is 11.6 Å². The Labute approximate surface area is 151 Å². The van der Waals surface area contributed by atoms with Crippen LogP contribution in [0.5, 0.6) is 5.75 Å². The Hall–Kier alpha value is -3.20.